The largest absolute Gasteiger partial charge is 0.493 e. The molecule has 1 amide bonds. The van der Waals surface area contributed by atoms with E-state index in [0.29, 0.717) is 11.5 Å². The standard InChI is InChI=1S/C20H19N3O6/c1-12-4-6-13(7-5-12)17-8-14(22-29-17)11-21-20(24)15-9-18(27-2)19(28-3)10-16(15)23(25)26/h4-10H,11H2,1-3H3,(H,21,24). The van der Waals surface area contributed by atoms with Crippen LogP contribution in [-0.2, 0) is 6.54 Å². The quantitative estimate of drug-likeness (QED) is 0.479. The smallest absolute Gasteiger partial charge is 0.286 e. The second kappa shape index (κ2) is 8.42. The first-order valence-corrected chi connectivity index (χ1v) is 8.64. The fourth-order valence-corrected chi connectivity index (χ4v) is 2.72. The van der Waals surface area contributed by atoms with E-state index in [1.165, 1.54) is 20.3 Å². The van der Waals surface area contributed by atoms with Crippen molar-refractivity contribution in [1.82, 2.24) is 10.5 Å². The average Bonchev–Trinajstić information content (AvgIpc) is 3.20. The Morgan fingerprint density at radius 3 is 2.41 bits per heavy atom. The summed E-state index contributed by atoms with van der Waals surface area (Å²) in [5.74, 6) is 0.296. The van der Waals surface area contributed by atoms with Crippen LogP contribution >= 0.6 is 0 Å². The minimum absolute atomic E-state index is 0.0414. The molecule has 0 atom stereocenters. The molecule has 3 aromatic rings. The molecule has 29 heavy (non-hydrogen) atoms. The van der Waals surface area contributed by atoms with Crippen LogP contribution in [0.25, 0.3) is 11.3 Å². The lowest BCUT2D eigenvalue weighted by Crippen LogP contribution is -2.24. The molecule has 0 aliphatic rings. The number of ether oxygens (including phenoxy) is 2. The molecule has 1 heterocycles. The van der Waals surface area contributed by atoms with E-state index in [2.05, 4.69) is 10.5 Å². The van der Waals surface area contributed by atoms with E-state index in [9.17, 15) is 14.9 Å². The summed E-state index contributed by atoms with van der Waals surface area (Å²) in [6.07, 6.45) is 0. The molecular formula is C20H19N3O6. The Morgan fingerprint density at radius 1 is 1.14 bits per heavy atom. The van der Waals surface area contributed by atoms with E-state index in [-0.39, 0.29) is 29.3 Å². The van der Waals surface area contributed by atoms with E-state index in [0.717, 1.165) is 17.2 Å². The van der Waals surface area contributed by atoms with Crippen molar-refractivity contribution in [3.8, 4) is 22.8 Å². The number of aryl methyl sites for hydroxylation is 1. The van der Waals surface area contributed by atoms with Gasteiger partial charge in [0.1, 0.15) is 11.3 Å². The van der Waals surface area contributed by atoms with Crippen molar-refractivity contribution in [3.63, 3.8) is 0 Å². The van der Waals surface area contributed by atoms with Gasteiger partial charge in [-0.05, 0) is 6.92 Å². The van der Waals surface area contributed by atoms with Crippen LogP contribution in [-0.4, -0.2) is 30.2 Å². The van der Waals surface area contributed by atoms with Crippen LogP contribution in [0, 0.1) is 17.0 Å². The third-order valence-corrected chi connectivity index (χ3v) is 4.27. The Labute approximate surface area is 166 Å². The van der Waals surface area contributed by atoms with E-state index in [1.54, 1.807) is 6.07 Å². The first-order chi connectivity index (χ1) is 13.9. The van der Waals surface area contributed by atoms with Gasteiger partial charge in [-0.2, -0.15) is 0 Å². The molecule has 150 valence electrons. The highest BCUT2D eigenvalue weighted by atomic mass is 16.6. The van der Waals surface area contributed by atoms with Crippen LogP contribution in [0.15, 0.2) is 47.0 Å². The number of rotatable bonds is 7. The Bertz CT molecular complexity index is 1040. The predicted molar refractivity (Wildman–Crippen MR) is 104 cm³/mol. The van der Waals surface area contributed by atoms with Crippen LogP contribution in [0.4, 0.5) is 5.69 Å². The number of nitrogens with zero attached hydrogens (tertiary/aromatic N) is 2. The molecule has 3 rings (SSSR count). The number of nitro benzene ring substituents is 1. The van der Waals surface area contributed by atoms with Crippen LogP contribution < -0.4 is 14.8 Å². The van der Waals surface area contributed by atoms with Gasteiger partial charge in [0.15, 0.2) is 17.3 Å². The summed E-state index contributed by atoms with van der Waals surface area (Å²) in [6, 6.07) is 11.8. The molecule has 0 saturated heterocycles. The predicted octanol–water partition coefficient (Wildman–Crippen LogP) is 3.51. The summed E-state index contributed by atoms with van der Waals surface area (Å²) in [6.45, 7) is 2.03. The van der Waals surface area contributed by atoms with E-state index < -0.39 is 10.8 Å². The highest BCUT2D eigenvalue weighted by Crippen LogP contribution is 2.34. The van der Waals surface area contributed by atoms with Gasteiger partial charge in [0.25, 0.3) is 11.6 Å². The highest BCUT2D eigenvalue weighted by Gasteiger charge is 2.24. The topological polar surface area (TPSA) is 117 Å². The summed E-state index contributed by atoms with van der Waals surface area (Å²) < 4.78 is 15.5. The maximum Gasteiger partial charge on any atom is 0.286 e. The number of hydrogen-bond donors (Lipinski definition) is 1. The summed E-state index contributed by atoms with van der Waals surface area (Å²) in [4.78, 5) is 23.3. The van der Waals surface area contributed by atoms with Gasteiger partial charge in [0, 0.05) is 17.7 Å². The van der Waals surface area contributed by atoms with Crippen molar-refractivity contribution < 1.29 is 23.7 Å². The van der Waals surface area contributed by atoms with Gasteiger partial charge in [-0.3, -0.25) is 14.9 Å². The molecule has 9 heteroatoms. The number of benzene rings is 2. The Morgan fingerprint density at radius 2 is 1.79 bits per heavy atom. The van der Waals surface area contributed by atoms with Gasteiger partial charge in [0.05, 0.1) is 31.8 Å². The number of methoxy groups -OCH3 is 2. The fourth-order valence-electron chi connectivity index (χ4n) is 2.72. The SMILES string of the molecule is COc1cc(C(=O)NCc2cc(-c3ccc(C)cc3)on2)c([N+](=O)[O-])cc1OC. The summed E-state index contributed by atoms with van der Waals surface area (Å²) >= 11 is 0. The van der Waals surface area contributed by atoms with Crippen molar-refractivity contribution in [3.05, 3.63) is 69.4 Å². The van der Waals surface area contributed by atoms with Crippen molar-refractivity contribution in [2.75, 3.05) is 14.2 Å². The van der Waals surface area contributed by atoms with E-state index in [1.807, 2.05) is 31.2 Å². The lowest BCUT2D eigenvalue weighted by atomic mass is 10.1. The van der Waals surface area contributed by atoms with Crippen LogP contribution in [0.2, 0.25) is 0 Å². The molecule has 0 fully saturated rings. The van der Waals surface area contributed by atoms with Gasteiger partial charge in [-0.15, -0.1) is 0 Å². The first-order valence-electron chi connectivity index (χ1n) is 8.64. The first kappa shape index (κ1) is 19.9. The highest BCUT2D eigenvalue weighted by molar-refractivity contribution is 5.99. The van der Waals surface area contributed by atoms with Crippen LogP contribution in [0.1, 0.15) is 21.6 Å². The minimum Gasteiger partial charge on any atom is -0.493 e. The van der Waals surface area contributed by atoms with E-state index >= 15 is 0 Å². The number of carbonyl (C=O) groups excluding carboxylic acids is 1. The number of nitro groups is 1. The average molecular weight is 397 g/mol. The second-order valence-electron chi connectivity index (χ2n) is 6.21. The lowest BCUT2D eigenvalue weighted by Gasteiger charge is -2.10. The minimum atomic E-state index is -0.650. The number of nitrogens with one attached hydrogen (secondary N) is 1. The van der Waals surface area contributed by atoms with E-state index in [4.69, 9.17) is 14.0 Å². The maximum absolute atomic E-state index is 12.6. The normalized spacial score (nSPS) is 10.4. The molecule has 1 aromatic heterocycles. The Hall–Kier alpha value is -3.88. The second-order valence-corrected chi connectivity index (χ2v) is 6.21. The maximum atomic E-state index is 12.6. The van der Waals surface area contributed by atoms with Crippen molar-refractivity contribution in [2.24, 2.45) is 0 Å². The lowest BCUT2D eigenvalue weighted by molar-refractivity contribution is -0.385. The van der Waals surface area contributed by atoms with Crippen LogP contribution in [0.5, 0.6) is 11.5 Å². The van der Waals surface area contributed by atoms with Gasteiger partial charge in [-0.1, -0.05) is 35.0 Å². The molecule has 0 aliphatic heterocycles. The Kier molecular flexibility index (Phi) is 5.77. The molecule has 0 unspecified atom stereocenters. The molecule has 0 bridgehead atoms. The molecular weight excluding hydrogens is 378 g/mol. The van der Waals surface area contributed by atoms with Gasteiger partial charge in [-0.25, -0.2) is 0 Å². The zero-order chi connectivity index (χ0) is 21.0. The zero-order valence-electron chi connectivity index (χ0n) is 16.1. The third-order valence-electron chi connectivity index (χ3n) is 4.27. The van der Waals surface area contributed by atoms with Crippen molar-refractivity contribution in [1.29, 1.82) is 0 Å². The Balaban J connectivity index is 1.77. The molecule has 1 N–H and O–H groups in total. The van der Waals surface area contributed by atoms with Gasteiger partial charge in [0.2, 0.25) is 0 Å². The number of aromatic nitrogens is 1. The van der Waals surface area contributed by atoms with Crippen molar-refractivity contribution >= 4 is 11.6 Å². The molecule has 0 radical (unpaired) electrons. The molecule has 2 aromatic carbocycles. The molecule has 0 spiro atoms. The van der Waals surface area contributed by atoms with Crippen LogP contribution in [0.3, 0.4) is 0 Å². The molecule has 0 aliphatic carbocycles. The number of amides is 1. The number of hydrogen-bond acceptors (Lipinski definition) is 7. The summed E-state index contributed by atoms with van der Waals surface area (Å²) in [7, 11) is 2.74. The third kappa shape index (κ3) is 4.34. The summed E-state index contributed by atoms with van der Waals surface area (Å²) in [5, 5.41) is 17.9. The van der Waals surface area contributed by atoms with Gasteiger partial charge >= 0.3 is 0 Å². The number of carbonyl (C=O) groups is 1. The summed E-state index contributed by atoms with van der Waals surface area (Å²) in [5.41, 5.74) is 1.93. The monoisotopic (exact) mass is 397 g/mol. The molecule has 9 nitrogen and oxygen atoms in total. The van der Waals surface area contributed by atoms with Crippen molar-refractivity contribution in [2.45, 2.75) is 13.5 Å². The molecule has 0 saturated carbocycles. The zero-order valence-corrected chi connectivity index (χ0v) is 16.1. The fraction of sp³-hybridized carbons (Fsp3) is 0.200. The van der Waals surface area contributed by atoms with Gasteiger partial charge < -0.3 is 19.3 Å².